The summed E-state index contributed by atoms with van der Waals surface area (Å²) in [5.74, 6) is 0.0538. The average molecular weight is 606 g/mol. The number of nitrogens with zero attached hydrogens (tertiary/aromatic N) is 3. The number of fused-ring (bicyclic) bond motifs is 1. The highest BCUT2D eigenvalue weighted by Gasteiger charge is 2.43. The maximum absolute atomic E-state index is 13.1. The molecular formula is C33H30F3N3O5. The van der Waals surface area contributed by atoms with Gasteiger partial charge < -0.3 is 24.0 Å². The number of pyridine rings is 1. The number of methoxy groups -OCH3 is 1. The number of aromatic nitrogens is 2. The van der Waals surface area contributed by atoms with Gasteiger partial charge in [0, 0.05) is 47.3 Å². The van der Waals surface area contributed by atoms with Gasteiger partial charge in [0.2, 0.25) is 0 Å². The average Bonchev–Trinajstić information content (AvgIpc) is 3.75. The van der Waals surface area contributed by atoms with Gasteiger partial charge in [-0.25, -0.2) is 9.78 Å². The fourth-order valence-corrected chi connectivity index (χ4v) is 6.63. The van der Waals surface area contributed by atoms with Gasteiger partial charge in [-0.15, -0.1) is 13.2 Å². The van der Waals surface area contributed by atoms with E-state index < -0.39 is 12.3 Å². The summed E-state index contributed by atoms with van der Waals surface area (Å²) in [6.07, 6.45) is 3.06. The number of allylic oxidation sites excluding steroid dienone is 1. The molecule has 1 N–H and O–H groups in total. The second-order valence-corrected chi connectivity index (χ2v) is 12.0. The van der Waals surface area contributed by atoms with Crippen LogP contribution in [-0.4, -0.2) is 47.8 Å². The van der Waals surface area contributed by atoms with Crippen molar-refractivity contribution in [1.82, 2.24) is 10.1 Å². The lowest BCUT2D eigenvalue weighted by molar-refractivity contribution is -0.274. The quantitative estimate of drug-likeness (QED) is 0.228. The molecule has 3 heterocycles. The van der Waals surface area contributed by atoms with E-state index in [1.165, 1.54) is 30.9 Å². The molecule has 11 heteroatoms. The van der Waals surface area contributed by atoms with Crippen molar-refractivity contribution in [2.45, 2.75) is 50.8 Å². The normalized spacial score (nSPS) is 17.9. The van der Waals surface area contributed by atoms with Gasteiger partial charge in [-0.1, -0.05) is 22.9 Å². The highest BCUT2D eigenvalue weighted by molar-refractivity contribution is 5.94. The van der Waals surface area contributed by atoms with Crippen LogP contribution >= 0.6 is 0 Å². The standard InChI is InChI=1S/C33H30F3N3O5/c1-42-28-16-26(31(40)41)37-25-9-8-21(15-23(25)28)39-12-10-32(11-13-39)17-19(18-32)14-24-29(38-44-30(24)20-6-7-20)22-4-2-3-5-27(22)43-33(34,35)36/h2-5,8-9,14-16,20H,6-7,10-13,17-18H2,1H3,(H,40,41). The maximum Gasteiger partial charge on any atom is 0.573 e. The predicted molar refractivity (Wildman–Crippen MR) is 157 cm³/mol. The van der Waals surface area contributed by atoms with Gasteiger partial charge in [0.15, 0.2) is 5.69 Å². The molecule has 228 valence electrons. The summed E-state index contributed by atoms with van der Waals surface area (Å²) in [4.78, 5) is 18.0. The fraction of sp³-hybridized carbons (Fsp3) is 0.364. The number of ether oxygens (including phenoxy) is 2. The lowest BCUT2D eigenvalue weighted by Crippen LogP contribution is -2.44. The molecule has 1 aliphatic heterocycles. The number of hydrogen-bond donors (Lipinski definition) is 1. The lowest BCUT2D eigenvalue weighted by atomic mass is 9.60. The Hall–Kier alpha value is -4.54. The molecule has 7 rings (SSSR count). The second kappa shape index (κ2) is 10.6. The summed E-state index contributed by atoms with van der Waals surface area (Å²) in [5.41, 5.74) is 4.38. The van der Waals surface area contributed by atoms with Crippen molar-refractivity contribution in [2.75, 3.05) is 25.1 Å². The number of carbonyl (C=O) groups is 1. The first kappa shape index (κ1) is 28.2. The Balaban J connectivity index is 1.08. The first-order valence-electron chi connectivity index (χ1n) is 14.6. The molecule has 4 aromatic rings. The number of benzene rings is 2. The van der Waals surface area contributed by atoms with E-state index in [0.717, 1.165) is 74.0 Å². The van der Waals surface area contributed by atoms with Gasteiger partial charge in [-0.2, -0.15) is 0 Å². The van der Waals surface area contributed by atoms with Gasteiger partial charge in [0.25, 0.3) is 0 Å². The minimum Gasteiger partial charge on any atom is -0.496 e. The molecule has 0 unspecified atom stereocenters. The molecule has 1 spiro atoms. The molecule has 2 aromatic heterocycles. The Morgan fingerprint density at radius 1 is 1.09 bits per heavy atom. The third-order valence-corrected chi connectivity index (χ3v) is 9.01. The third kappa shape index (κ3) is 5.35. The van der Waals surface area contributed by atoms with E-state index in [2.05, 4.69) is 25.9 Å². The lowest BCUT2D eigenvalue weighted by Gasteiger charge is -2.50. The van der Waals surface area contributed by atoms with E-state index in [9.17, 15) is 23.1 Å². The molecule has 2 saturated carbocycles. The van der Waals surface area contributed by atoms with Crippen molar-refractivity contribution in [3.8, 4) is 22.8 Å². The molecule has 0 amide bonds. The summed E-state index contributed by atoms with van der Waals surface area (Å²) in [6, 6.07) is 13.3. The zero-order valence-corrected chi connectivity index (χ0v) is 24.0. The number of halogens is 3. The number of hydrogen-bond acceptors (Lipinski definition) is 7. The van der Waals surface area contributed by atoms with Crippen LogP contribution in [0.3, 0.4) is 0 Å². The van der Waals surface area contributed by atoms with E-state index in [1.54, 1.807) is 12.1 Å². The number of aromatic carboxylic acids is 1. The number of piperidine rings is 1. The molecule has 0 bridgehead atoms. The molecule has 0 radical (unpaired) electrons. The zero-order chi connectivity index (χ0) is 30.6. The number of para-hydroxylation sites is 1. The summed E-state index contributed by atoms with van der Waals surface area (Å²) >= 11 is 0. The topological polar surface area (TPSA) is 97.9 Å². The fourth-order valence-electron chi connectivity index (χ4n) is 6.63. The smallest absolute Gasteiger partial charge is 0.496 e. The Labute approximate surface area is 251 Å². The van der Waals surface area contributed by atoms with E-state index in [0.29, 0.717) is 17.0 Å². The highest BCUT2D eigenvalue weighted by atomic mass is 19.4. The molecule has 44 heavy (non-hydrogen) atoms. The summed E-state index contributed by atoms with van der Waals surface area (Å²) in [5, 5.41) is 14.4. The van der Waals surface area contributed by atoms with Crippen molar-refractivity contribution in [1.29, 1.82) is 0 Å². The molecule has 2 aliphatic carbocycles. The van der Waals surface area contributed by atoms with Crippen molar-refractivity contribution in [3.05, 3.63) is 71.1 Å². The summed E-state index contributed by atoms with van der Waals surface area (Å²) in [6.45, 7) is 1.74. The van der Waals surface area contributed by atoms with Crippen LogP contribution in [0.4, 0.5) is 18.9 Å². The van der Waals surface area contributed by atoms with Gasteiger partial charge in [-0.05, 0) is 80.3 Å². The van der Waals surface area contributed by atoms with E-state index in [4.69, 9.17) is 9.26 Å². The number of carboxylic acids is 1. The van der Waals surface area contributed by atoms with Crippen molar-refractivity contribution >= 4 is 28.6 Å². The van der Waals surface area contributed by atoms with E-state index >= 15 is 0 Å². The molecule has 1 saturated heterocycles. The SMILES string of the molecule is COc1cc(C(=O)O)nc2ccc(N3CCC4(CC3)CC(=Cc3c(-c5ccccc5OC(F)(F)F)noc3C3CC3)C4)cc12. The number of alkyl halides is 3. The number of rotatable bonds is 7. The Bertz CT molecular complexity index is 1780. The van der Waals surface area contributed by atoms with Gasteiger partial charge in [0.1, 0.15) is 23.0 Å². The summed E-state index contributed by atoms with van der Waals surface area (Å²) < 4.78 is 54.9. The highest BCUT2D eigenvalue weighted by Crippen LogP contribution is 2.54. The Morgan fingerprint density at radius 3 is 2.52 bits per heavy atom. The predicted octanol–water partition coefficient (Wildman–Crippen LogP) is 7.84. The molecule has 2 aromatic carbocycles. The van der Waals surface area contributed by atoms with Crippen molar-refractivity contribution < 1.29 is 37.1 Å². The van der Waals surface area contributed by atoms with Crippen LogP contribution in [0.15, 0.2) is 58.6 Å². The largest absolute Gasteiger partial charge is 0.573 e. The van der Waals surface area contributed by atoms with Crippen LogP contribution in [0.25, 0.3) is 28.2 Å². The molecule has 0 atom stereocenters. The molecule has 3 aliphatic rings. The van der Waals surface area contributed by atoms with Crippen LogP contribution in [0.1, 0.15) is 66.3 Å². The van der Waals surface area contributed by atoms with Crippen LogP contribution in [-0.2, 0) is 0 Å². The first-order valence-corrected chi connectivity index (χ1v) is 14.6. The minimum absolute atomic E-state index is 0.0581. The monoisotopic (exact) mass is 605 g/mol. The van der Waals surface area contributed by atoms with E-state index in [1.807, 2.05) is 18.2 Å². The van der Waals surface area contributed by atoms with Gasteiger partial charge in [-0.3, -0.25) is 0 Å². The minimum atomic E-state index is -4.81. The van der Waals surface area contributed by atoms with Crippen molar-refractivity contribution in [3.63, 3.8) is 0 Å². The second-order valence-electron chi connectivity index (χ2n) is 12.0. The van der Waals surface area contributed by atoms with Crippen LogP contribution < -0.4 is 14.4 Å². The maximum atomic E-state index is 13.1. The Kier molecular flexibility index (Phi) is 6.78. The molecule has 8 nitrogen and oxygen atoms in total. The number of carboxylic acid groups (broad SMARTS) is 1. The third-order valence-electron chi connectivity index (χ3n) is 9.01. The van der Waals surface area contributed by atoms with Crippen LogP contribution in [0, 0.1) is 5.41 Å². The van der Waals surface area contributed by atoms with Crippen LogP contribution in [0.5, 0.6) is 11.5 Å². The van der Waals surface area contributed by atoms with Crippen molar-refractivity contribution in [2.24, 2.45) is 5.41 Å². The number of anilines is 1. The van der Waals surface area contributed by atoms with Gasteiger partial charge >= 0.3 is 12.3 Å². The molecular weight excluding hydrogens is 575 g/mol. The van der Waals surface area contributed by atoms with E-state index in [-0.39, 0.29) is 28.3 Å². The van der Waals surface area contributed by atoms with Gasteiger partial charge in [0.05, 0.1) is 12.6 Å². The zero-order valence-electron chi connectivity index (χ0n) is 24.0. The first-order chi connectivity index (χ1) is 21.1. The molecule has 3 fully saturated rings. The summed E-state index contributed by atoms with van der Waals surface area (Å²) in [7, 11) is 1.52. The van der Waals surface area contributed by atoms with Crippen LogP contribution in [0.2, 0.25) is 0 Å². The Morgan fingerprint density at radius 2 is 1.84 bits per heavy atom.